The summed E-state index contributed by atoms with van der Waals surface area (Å²) in [5, 5.41) is 2.84. The van der Waals surface area contributed by atoms with Crippen molar-refractivity contribution in [3.05, 3.63) is 58.7 Å². The molecule has 5 nitrogen and oxygen atoms in total. The number of nitrogens with one attached hydrogen (secondary N) is 1. The fourth-order valence-corrected chi connectivity index (χ4v) is 5.06. The predicted octanol–water partition coefficient (Wildman–Crippen LogP) is 3.98. The number of benzene rings is 2. The highest BCUT2D eigenvalue weighted by atomic mass is 32.2. The lowest BCUT2D eigenvalue weighted by molar-refractivity contribution is -0.119. The Balaban J connectivity index is 1.91. The number of hydrogen-bond donors (Lipinski definition) is 1. The van der Waals surface area contributed by atoms with E-state index in [2.05, 4.69) is 36.5 Å². The molecular formula is C22H30N2O3S2. The van der Waals surface area contributed by atoms with Crippen LogP contribution in [0.4, 0.5) is 5.69 Å². The molecule has 0 aromatic heterocycles. The highest BCUT2D eigenvalue weighted by Gasteiger charge is 2.24. The number of nitrogens with zero attached hydrogens (tertiary/aromatic N) is 1. The van der Waals surface area contributed by atoms with Crippen LogP contribution in [-0.2, 0) is 14.8 Å². The maximum absolute atomic E-state index is 12.4. The van der Waals surface area contributed by atoms with Crippen molar-refractivity contribution in [2.45, 2.75) is 39.0 Å². The molecule has 0 atom stereocenters. The molecule has 2 aromatic carbocycles. The van der Waals surface area contributed by atoms with Gasteiger partial charge in [0.2, 0.25) is 15.9 Å². The third-order valence-corrected chi connectivity index (χ3v) is 6.72. The van der Waals surface area contributed by atoms with Gasteiger partial charge < -0.3 is 5.32 Å². The molecule has 0 saturated carbocycles. The number of sulfonamides is 1. The quantitative estimate of drug-likeness (QED) is 0.479. The Morgan fingerprint density at radius 3 is 2.14 bits per heavy atom. The van der Waals surface area contributed by atoms with Crippen LogP contribution in [0.25, 0.3) is 0 Å². The van der Waals surface area contributed by atoms with Crippen LogP contribution in [0.5, 0.6) is 0 Å². The molecule has 1 amide bonds. The van der Waals surface area contributed by atoms with Crippen molar-refractivity contribution >= 4 is 33.4 Å². The molecule has 0 aliphatic heterocycles. The standard InChI is InChI=1S/C22H30N2O3S2/c1-16-7-9-20(10-8-16)28-12-6-11-23-21(25)15-24(29(5,26)27)22-18(3)13-17(2)14-19(22)4/h7-10,13-14H,6,11-12,15H2,1-5H3,(H,23,25). The number of anilines is 1. The Labute approximate surface area is 178 Å². The molecule has 0 heterocycles. The number of amides is 1. The molecule has 158 valence electrons. The first-order chi connectivity index (χ1) is 13.6. The number of carbonyl (C=O) groups is 1. The number of thioether (sulfide) groups is 1. The van der Waals surface area contributed by atoms with Crippen molar-refractivity contribution in [2.24, 2.45) is 0 Å². The van der Waals surface area contributed by atoms with Gasteiger partial charge in [-0.2, -0.15) is 0 Å². The van der Waals surface area contributed by atoms with E-state index in [1.54, 1.807) is 11.8 Å². The van der Waals surface area contributed by atoms with Gasteiger partial charge in [-0.05, 0) is 63.1 Å². The lowest BCUT2D eigenvalue weighted by Gasteiger charge is -2.26. The highest BCUT2D eigenvalue weighted by Crippen LogP contribution is 2.28. The summed E-state index contributed by atoms with van der Waals surface area (Å²) in [6.07, 6.45) is 1.95. The van der Waals surface area contributed by atoms with E-state index in [4.69, 9.17) is 0 Å². The maximum atomic E-state index is 12.4. The Morgan fingerprint density at radius 2 is 1.59 bits per heavy atom. The monoisotopic (exact) mass is 434 g/mol. The molecule has 2 rings (SSSR count). The van der Waals surface area contributed by atoms with E-state index in [-0.39, 0.29) is 12.5 Å². The molecule has 0 spiro atoms. The summed E-state index contributed by atoms with van der Waals surface area (Å²) < 4.78 is 25.9. The summed E-state index contributed by atoms with van der Waals surface area (Å²) in [5.74, 6) is 0.588. The normalized spacial score (nSPS) is 11.3. The van der Waals surface area contributed by atoms with Gasteiger partial charge in [0.25, 0.3) is 0 Å². The van der Waals surface area contributed by atoms with Crippen molar-refractivity contribution in [3.63, 3.8) is 0 Å². The molecule has 0 aliphatic carbocycles. The number of rotatable bonds is 9. The first-order valence-corrected chi connectivity index (χ1v) is 12.4. The van der Waals surface area contributed by atoms with Crippen molar-refractivity contribution in [3.8, 4) is 0 Å². The average Bonchev–Trinajstić information content (AvgIpc) is 2.60. The Bertz CT molecular complexity index is 932. The van der Waals surface area contributed by atoms with E-state index in [0.29, 0.717) is 12.2 Å². The van der Waals surface area contributed by atoms with Gasteiger partial charge in [-0.25, -0.2) is 8.42 Å². The van der Waals surface area contributed by atoms with E-state index < -0.39 is 10.0 Å². The Kier molecular flexibility index (Phi) is 8.16. The van der Waals surface area contributed by atoms with Crippen molar-refractivity contribution in [2.75, 3.05) is 29.4 Å². The SMILES string of the molecule is Cc1ccc(SCCCNC(=O)CN(c2c(C)cc(C)cc2C)S(C)(=O)=O)cc1. The van der Waals surface area contributed by atoms with Gasteiger partial charge in [-0.1, -0.05) is 35.4 Å². The van der Waals surface area contributed by atoms with Crippen LogP contribution >= 0.6 is 11.8 Å². The van der Waals surface area contributed by atoms with E-state index >= 15 is 0 Å². The topological polar surface area (TPSA) is 66.5 Å². The first-order valence-electron chi connectivity index (χ1n) is 9.59. The molecule has 2 aromatic rings. The van der Waals surface area contributed by atoms with Crippen molar-refractivity contribution in [1.29, 1.82) is 0 Å². The van der Waals surface area contributed by atoms with Crippen LogP contribution in [0.1, 0.15) is 28.7 Å². The highest BCUT2D eigenvalue weighted by molar-refractivity contribution is 7.99. The molecule has 1 N–H and O–H groups in total. The number of aryl methyl sites for hydroxylation is 4. The zero-order chi connectivity index (χ0) is 21.6. The molecular weight excluding hydrogens is 404 g/mol. The van der Waals surface area contributed by atoms with Gasteiger partial charge in [0.1, 0.15) is 6.54 Å². The Hall–Kier alpha value is -1.99. The third kappa shape index (κ3) is 7.08. The zero-order valence-corrected chi connectivity index (χ0v) is 19.4. The summed E-state index contributed by atoms with van der Waals surface area (Å²) in [5.41, 5.74) is 4.57. The second kappa shape index (κ2) is 10.2. The molecule has 0 aliphatic rings. The minimum Gasteiger partial charge on any atom is -0.354 e. The summed E-state index contributed by atoms with van der Waals surface area (Å²) in [7, 11) is -3.58. The van der Waals surface area contributed by atoms with Gasteiger partial charge in [-0.3, -0.25) is 9.10 Å². The second-order valence-electron chi connectivity index (χ2n) is 7.38. The lowest BCUT2D eigenvalue weighted by Crippen LogP contribution is -2.41. The van der Waals surface area contributed by atoms with E-state index in [1.807, 2.05) is 32.9 Å². The molecule has 0 saturated heterocycles. The molecule has 0 radical (unpaired) electrons. The smallest absolute Gasteiger partial charge is 0.240 e. The number of hydrogen-bond acceptors (Lipinski definition) is 4. The second-order valence-corrected chi connectivity index (χ2v) is 10.5. The number of carbonyl (C=O) groups excluding carboxylic acids is 1. The van der Waals surface area contributed by atoms with Crippen molar-refractivity contribution in [1.82, 2.24) is 5.32 Å². The van der Waals surface area contributed by atoms with Crippen LogP contribution in [-0.4, -0.2) is 39.4 Å². The van der Waals surface area contributed by atoms with Crippen LogP contribution in [0, 0.1) is 27.7 Å². The molecule has 0 fully saturated rings. The summed E-state index contributed by atoms with van der Waals surface area (Å²) in [6, 6.07) is 12.2. The van der Waals surface area contributed by atoms with Crippen LogP contribution in [0.15, 0.2) is 41.3 Å². The average molecular weight is 435 g/mol. The maximum Gasteiger partial charge on any atom is 0.240 e. The molecule has 0 bridgehead atoms. The minimum absolute atomic E-state index is 0.214. The van der Waals surface area contributed by atoms with Gasteiger partial charge in [0.05, 0.1) is 11.9 Å². The minimum atomic E-state index is -3.58. The fraction of sp³-hybridized carbons (Fsp3) is 0.409. The van der Waals surface area contributed by atoms with E-state index in [1.165, 1.54) is 14.8 Å². The molecule has 7 heteroatoms. The third-order valence-electron chi connectivity index (χ3n) is 4.51. The van der Waals surface area contributed by atoms with Gasteiger partial charge in [0, 0.05) is 11.4 Å². The molecule has 29 heavy (non-hydrogen) atoms. The van der Waals surface area contributed by atoms with Crippen LogP contribution < -0.4 is 9.62 Å². The van der Waals surface area contributed by atoms with Gasteiger partial charge in [-0.15, -0.1) is 11.8 Å². The van der Waals surface area contributed by atoms with Gasteiger partial charge >= 0.3 is 0 Å². The lowest BCUT2D eigenvalue weighted by atomic mass is 10.1. The van der Waals surface area contributed by atoms with Crippen LogP contribution in [0.2, 0.25) is 0 Å². The fourth-order valence-electron chi connectivity index (χ4n) is 3.24. The summed E-state index contributed by atoms with van der Waals surface area (Å²) in [4.78, 5) is 13.6. The molecule has 0 unspecified atom stereocenters. The van der Waals surface area contributed by atoms with Crippen molar-refractivity contribution < 1.29 is 13.2 Å². The van der Waals surface area contributed by atoms with Gasteiger partial charge in [0.15, 0.2) is 0 Å². The zero-order valence-electron chi connectivity index (χ0n) is 17.8. The largest absolute Gasteiger partial charge is 0.354 e. The first kappa shape index (κ1) is 23.3. The predicted molar refractivity (Wildman–Crippen MR) is 122 cm³/mol. The van der Waals surface area contributed by atoms with E-state index in [0.717, 1.165) is 35.1 Å². The summed E-state index contributed by atoms with van der Waals surface area (Å²) >= 11 is 1.74. The Morgan fingerprint density at radius 1 is 1.00 bits per heavy atom. The van der Waals surface area contributed by atoms with Crippen LogP contribution in [0.3, 0.4) is 0 Å². The van der Waals surface area contributed by atoms with E-state index in [9.17, 15) is 13.2 Å². The summed E-state index contributed by atoms with van der Waals surface area (Å²) in [6.45, 7) is 8.07.